The molecule has 0 saturated carbocycles. The van der Waals surface area contributed by atoms with Gasteiger partial charge in [0.25, 0.3) is 5.91 Å². The number of nitrogens with one attached hydrogen (secondary N) is 1. The van der Waals surface area contributed by atoms with Gasteiger partial charge in [-0.1, -0.05) is 13.8 Å². The van der Waals surface area contributed by atoms with Gasteiger partial charge >= 0.3 is 0 Å². The Balaban J connectivity index is 2.53. The smallest absolute Gasteiger partial charge is 0.287 e. The van der Waals surface area contributed by atoms with Crippen LogP contribution in [0.2, 0.25) is 0 Å². The van der Waals surface area contributed by atoms with Crippen molar-refractivity contribution in [2.45, 2.75) is 39.2 Å². The standard InChI is InChI=1S/C12H19NO3/c1-4-9-6-7-10(16-9)11(14)13-8-12(3,15)5-2/h6-7,15H,4-5,8H2,1-3H3,(H,13,14). The van der Waals surface area contributed by atoms with Gasteiger partial charge in [-0.2, -0.15) is 0 Å². The van der Waals surface area contributed by atoms with Gasteiger partial charge < -0.3 is 14.8 Å². The van der Waals surface area contributed by atoms with Crippen molar-refractivity contribution >= 4 is 5.91 Å². The quantitative estimate of drug-likeness (QED) is 0.802. The fourth-order valence-corrected chi connectivity index (χ4v) is 1.17. The maximum atomic E-state index is 11.6. The van der Waals surface area contributed by atoms with E-state index in [1.807, 2.05) is 13.8 Å². The van der Waals surface area contributed by atoms with E-state index >= 15 is 0 Å². The molecule has 2 N–H and O–H groups in total. The predicted octanol–water partition coefficient (Wildman–Crippen LogP) is 1.73. The molecule has 0 aromatic carbocycles. The largest absolute Gasteiger partial charge is 0.456 e. The number of aliphatic hydroxyl groups is 1. The topological polar surface area (TPSA) is 62.5 Å². The molecule has 0 aliphatic heterocycles. The number of rotatable bonds is 5. The number of aryl methyl sites for hydroxylation is 1. The van der Waals surface area contributed by atoms with Gasteiger partial charge in [-0.15, -0.1) is 0 Å². The van der Waals surface area contributed by atoms with E-state index in [2.05, 4.69) is 5.32 Å². The second kappa shape index (κ2) is 5.16. The lowest BCUT2D eigenvalue weighted by Crippen LogP contribution is -2.39. The van der Waals surface area contributed by atoms with Crippen LogP contribution in [0.25, 0.3) is 0 Å². The first-order valence-electron chi connectivity index (χ1n) is 5.58. The van der Waals surface area contributed by atoms with Gasteiger partial charge in [-0.3, -0.25) is 4.79 Å². The van der Waals surface area contributed by atoms with Crippen molar-refractivity contribution in [3.63, 3.8) is 0 Å². The summed E-state index contributed by atoms with van der Waals surface area (Å²) in [7, 11) is 0. The Morgan fingerprint density at radius 2 is 2.19 bits per heavy atom. The Bertz CT molecular complexity index is 355. The van der Waals surface area contributed by atoms with E-state index in [0.717, 1.165) is 12.2 Å². The summed E-state index contributed by atoms with van der Waals surface area (Å²) in [5.74, 6) is 0.796. The molecule has 0 fully saturated rings. The maximum Gasteiger partial charge on any atom is 0.287 e. The minimum absolute atomic E-state index is 0.227. The summed E-state index contributed by atoms with van der Waals surface area (Å²) < 4.78 is 5.30. The summed E-state index contributed by atoms with van der Waals surface area (Å²) in [6.07, 6.45) is 1.35. The lowest BCUT2D eigenvalue weighted by molar-refractivity contribution is 0.0511. The van der Waals surface area contributed by atoms with Gasteiger partial charge in [0.15, 0.2) is 5.76 Å². The van der Waals surface area contributed by atoms with E-state index in [9.17, 15) is 9.90 Å². The molecule has 4 heteroatoms. The number of amides is 1. The molecule has 0 saturated heterocycles. The molecule has 16 heavy (non-hydrogen) atoms. The van der Waals surface area contributed by atoms with Gasteiger partial charge in [0.2, 0.25) is 0 Å². The summed E-state index contributed by atoms with van der Waals surface area (Å²) in [5.41, 5.74) is -0.865. The number of carbonyl (C=O) groups is 1. The van der Waals surface area contributed by atoms with Crippen molar-refractivity contribution in [1.29, 1.82) is 0 Å². The summed E-state index contributed by atoms with van der Waals surface area (Å²) in [6.45, 7) is 5.74. The zero-order valence-corrected chi connectivity index (χ0v) is 10.0. The van der Waals surface area contributed by atoms with Crippen molar-refractivity contribution in [3.05, 3.63) is 23.7 Å². The van der Waals surface area contributed by atoms with E-state index in [4.69, 9.17) is 4.42 Å². The molecule has 1 atom stereocenters. The molecule has 1 heterocycles. The fourth-order valence-electron chi connectivity index (χ4n) is 1.17. The molecule has 1 rings (SSSR count). The molecular formula is C12H19NO3. The molecule has 1 aromatic rings. The number of carbonyl (C=O) groups excluding carboxylic acids is 1. The molecule has 0 bridgehead atoms. The van der Waals surface area contributed by atoms with E-state index in [-0.39, 0.29) is 12.5 Å². The molecular weight excluding hydrogens is 206 g/mol. The molecule has 1 unspecified atom stereocenters. The van der Waals surface area contributed by atoms with Crippen LogP contribution in [0.5, 0.6) is 0 Å². The first-order chi connectivity index (χ1) is 7.48. The molecule has 0 spiro atoms. The van der Waals surface area contributed by atoms with Crippen LogP contribution in [0.3, 0.4) is 0 Å². The summed E-state index contributed by atoms with van der Waals surface area (Å²) >= 11 is 0. The van der Waals surface area contributed by atoms with Crippen LogP contribution in [-0.4, -0.2) is 23.2 Å². The Morgan fingerprint density at radius 1 is 1.50 bits per heavy atom. The average molecular weight is 225 g/mol. The Morgan fingerprint density at radius 3 is 2.69 bits per heavy atom. The molecule has 0 aliphatic rings. The SMILES string of the molecule is CCc1ccc(C(=O)NCC(C)(O)CC)o1. The molecule has 4 nitrogen and oxygen atoms in total. The van der Waals surface area contributed by atoms with Crippen molar-refractivity contribution in [3.8, 4) is 0 Å². The third-order valence-corrected chi connectivity index (χ3v) is 2.63. The highest BCUT2D eigenvalue weighted by molar-refractivity contribution is 5.91. The second-order valence-corrected chi connectivity index (χ2v) is 4.15. The molecule has 0 aliphatic carbocycles. The van der Waals surface area contributed by atoms with Crippen molar-refractivity contribution in [2.75, 3.05) is 6.54 Å². The van der Waals surface area contributed by atoms with Crippen LogP contribution in [-0.2, 0) is 6.42 Å². The summed E-state index contributed by atoms with van der Waals surface area (Å²) in [6, 6.07) is 3.43. The third kappa shape index (κ3) is 3.38. The van der Waals surface area contributed by atoms with Crippen LogP contribution < -0.4 is 5.32 Å². The number of hydrogen-bond donors (Lipinski definition) is 2. The van der Waals surface area contributed by atoms with Gasteiger partial charge in [0.1, 0.15) is 5.76 Å². The van der Waals surface area contributed by atoms with Crippen molar-refractivity contribution in [2.24, 2.45) is 0 Å². The van der Waals surface area contributed by atoms with Crippen LogP contribution in [0.1, 0.15) is 43.5 Å². The van der Waals surface area contributed by atoms with Crippen LogP contribution in [0.15, 0.2) is 16.5 Å². The normalized spacial score (nSPS) is 14.5. The van der Waals surface area contributed by atoms with Crippen LogP contribution >= 0.6 is 0 Å². The summed E-state index contributed by atoms with van der Waals surface area (Å²) in [4.78, 5) is 11.6. The van der Waals surface area contributed by atoms with Gasteiger partial charge in [0, 0.05) is 13.0 Å². The molecule has 0 radical (unpaired) electrons. The second-order valence-electron chi connectivity index (χ2n) is 4.15. The van der Waals surface area contributed by atoms with Crippen molar-refractivity contribution in [1.82, 2.24) is 5.32 Å². The highest BCUT2D eigenvalue weighted by Crippen LogP contribution is 2.10. The van der Waals surface area contributed by atoms with Crippen LogP contribution in [0.4, 0.5) is 0 Å². The van der Waals surface area contributed by atoms with Crippen molar-refractivity contribution < 1.29 is 14.3 Å². The molecule has 1 aromatic heterocycles. The van der Waals surface area contributed by atoms with Crippen LogP contribution in [0, 0.1) is 0 Å². The van der Waals surface area contributed by atoms with Gasteiger partial charge in [0.05, 0.1) is 5.60 Å². The Hall–Kier alpha value is -1.29. The first kappa shape index (κ1) is 12.8. The highest BCUT2D eigenvalue weighted by Gasteiger charge is 2.19. The zero-order chi connectivity index (χ0) is 12.2. The Labute approximate surface area is 95.7 Å². The fraction of sp³-hybridized carbons (Fsp3) is 0.583. The number of furan rings is 1. The maximum absolute atomic E-state index is 11.6. The predicted molar refractivity (Wildman–Crippen MR) is 61.3 cm³/mol. The first-order valence-corrected chi connectivity index (χ1v) is 5.58. The number of hydrogen-bond acceptors (Lipinski definition) is 3. The minimum atomic E-state index is -0.865. The van der Waals surface area contributed by atoms with Gasteiger partial charge in [-0.25, -0.2) is 0 Å². The molecule has 90 valence electrons. The lowest BCUT2D eigenvalue weighted by Gasteiger charge is -2.21. The van der Waals surface area contributed by atoms with Gasteiger partial charge in [-0.05, 0) is 25.5 Å². The van der Waals surface area contributed by atoms with E-state index in [0.29, 0.717) is 12.2 Å². The highest BCUT2D eigenvalue weighted by atomic mass is 16.3. The Kier molecular flexibility index (Phi) is 4.12. The minimum Gasteiger partial charge on any atom is -0.456 e. The third-order valence-electron chi connectivity index (χ3n) is 2.63. The average Bonchev–Trinajstić information content (AvgIpc) is 2.74. The lowest BCUT2D eigenvalue weighted by atomic mass is 10.0. The van der Waals surface area contributed by atoms with E-state index in [1.54, 1.807) is 19.1 Å². The monoisotopic (exact) mass is 225 g/mol. The zero-order valence-electron chi connectivity index (χ0n) is 10.0. The van der Waals surface area contributed by atoms with E-state index < -0.39 is 5.60 Å². The summed E-state index contributed by atoms with van der Waals surface area (Å²) in [5, 5.41) is 12.4. The van der Waals surface area contributed by atoms with E-state index in [1.165, 1.54) is 0 Å². The molecule has 1 amide bonds.